The van der Waals surface area contributed by atoms with Gasteiger partial charge in [0.1, 0.15) is 6.29 Å². The molecular weight excluding hydrogens is 174 g/mol. The molecule has 2 N–H and O–H groups in total. The van der Waals surface area contributed by atoms with E-state index in [9.17, 15) is 4.79 Å². The summed E-state index contributed by atoms with van der Waals surface area (Å²) in [7, 11) is 0. The highest BCUT2D eigenvalue weighted by atomic mass is 16.1. The van der Waals surface area contributed by atoms with Crippen LogP contribution in [-0.4, -0.2) is 12.8 Å². The minimum absolute atomic E-state index is 0.656. The number of hydrogen-bond donors (Lipinski definition) is 1. The quantitative estimate of drug-likeness (QED) is 0.737. The van der Waals surface area contributed by atoms with Crippen molar-refractivity contribution in [2.24, 2.45) is 5.73 Å². The van der Waals surface area contributed by atoms with Gasteiger partial charge in [-0.05, 0) is 43.1 Å². The summed E-state index contributed by atoms with van der Waals surface area (Å²) in [4.78, 5) is 10.6. The SMILES string of the molecule is Cc1cc(C=O)cc(C=CCCN)c1. The summed E-state index contributed by atoms with van der Waals surface area (Å²) in [6.07, 6.45) is 5.74. The van der Waals surface area contributed by atoms with E-state index in [0.29, 0.717) is 6.54 Å². The topological polar surface area (TPSA) is 43.1 Å². The Morgan fingerprint density at radius 3 is 2.64 bits per heavy atom. The van der Waals surface area contributed by atoms with Gasteiger partial charge in [-0.3, -0.25) is 4.79 Å². The van der Waals surface area contributed by atoms with Gasteiger partial charge in [-0.2, -0.15) is 0 Å². The van der Waals surface area contributed by atoms with Crippen LogP contribution < -0.4 is 5.73 Å². The van der Waals surface area contributed by atoms with Gasteiger partial charge < -0.3 is 5.73 Å². The number of aryl methyl sites for hydroxylation is 1. The summed E-state index contributed by atoms with van der Waals surface area (Å²) in [5.41, 5.74) is 8.25. The largest absolute Gasteiger partial charge is 0.330 e. The average molecular weight is 189 g/mol. The van der Waals surface area contributed by atoms with Crippen molar-refractivity contribution in [3.63, 3.8) is 0 Å². The van der Waals surface area contributed by atoms with Crippen LogP contribution in [0, 0.1) is 6.92 Å². The van der Waals surface area contributed by atoms with Gasteiger partial charge in [0, 0.05) is 5.56 Å². The summed E-state index contributed by atoms with van der Waals surface area (Å²) in [5, 5.41) is 0. The zero-order valence-corrected chi connectivity index (χ0v) is 8.36. The van der Waals surface area contributed by atoms with E-state index in [2.05, 4.69) is 0 Å². The van der Waals surface area contributed by atoms with Crippen molar-refractivity contribution in [1.29, 1.82) is 0 Å². The molecule has 2 heteroatoms. The monoisotopic (exact) mass is 189 g/mol. The standard InChI is InChI=1S/C12H15NO/c1-10-6-11(4-2-3-5-13)8-12(7-10)9-14/h2,4,6-9H,3,5,13H2,1H3. The number of carbonyl (C=O) groups excluding carboxylic acids is 1. The second kappa shape index (κ2) is 5.35. The molecular formula is C12H15NO. The summed E-state index contributed by atoms with van der Waals surface area (Å²) in [6, 6.07) is 5.78. The van der Waals surface area contributed by atoms with Crippen molar-refractivity contribution in [3.05, 3.63) is 41.0 Å². The number of rotatable bonds is 4. The number of hydrogen-bond acceptors (Lipinski definition) is 2. The van der Waals surface area contributed by atoms with Gasteiger partial charge in [0.05, 0.1) is 0 Å². The summed E-state index contributed by atoms with van der Waals surface area (Å²) < 4.78 is 0. The Hall–Kier alpha value is -1.41. The van der Waals surface area contributed by atoms with E-state index in [-0.39, 0.29) is 0 Å². The lowest BCUT2D eigenvalue weighted by Crippen LogP contribution is -1.95. The van der Waals surface area contributed by atoms with E-state index < -0.39 is 0 Å². The lowest BCUT2D eigenvalue weighted by molar-refractivity contribution is 0.112. The maximum atomic E-state index is 10.6. The highest BCUT2D eigenvalue weighted by Gasteiger charge is 1.94. The lowest BCUT2D eigenvalue weighted by Gasteiger charge is -1.98. The summed E-state index contributed by atoms with van der Waals surface area (Å²) in [5.74, 6) is 0. The summed E-state index contributed by atoms with van der Waals surface area (Å²) in [6.45, 7) is 2.64. The van der Waals surface area contributed by atoms with E-state index in [1.165, 1.54) is 0 Å². The Morgan fingerprint density at radius 1 is 1.29 bits per heavy atom. The van der Waals surface area contributed by atoms with Crippen molar-refractivity contribution in [3.8, 4) is 0 Å². The summed E-state index contributed by atoms with van der Waals surface area (Å²) >= 11 is 0. The Labute approximate surface area is 84.4 Å². The molecule has 1 rings (SSSR count). The fourth-order valence-corrected chi connectivity index (χ4v) is 1.32. The minimum Gasteiger partial charge on any atom is -0.330 e. The van der Waals surface area contributed by atoms with Crippen LogP contribution in [0.2, 0.25) is 0 Å². The molecule has 74 valence electrons. The smallest absolute Gasteiger partial charge is 0.150 e. The molecule has 0 saturated heterocycles. The lowest BCUT2D eigenvalue weighted by atomic mass is 10.1. The molecule has 0 amide bonds. The number of benzene rings is 1. The van der Waals surface area contributed by atoms with Crippen LogP contribution in [0.4, 0.5) is 0 Å². The fourth-order valence-electron chi connectivity index (χ4n) is 1.32. The second-order valence-corrected chi connectivity index (χ2v) is 3.27. The molecule has 2 nitrogen and oxygen atoms in total. The van der Waals surface area contributed by atoms with E-state index >= 15 is 0 Å². The first-order valence-corrected chi connectivity index (χ1v) is 4.69. The highest BCUT2D eigenvalue weighted by Crippen LogP contribution is 2.10. The molecule has 0 spiro atoms. The molecule has 14 heavy (non-hydrogen) atoms. The van der Waals surface area contributed by atoms with Gasteiger partial charge in [-0.25, -0.2) is 0 Å². The first kappa shape index (κ1) is 10.7. The second-order valence-electron chi connectivity index (χ2n) is 3.27. The van der Waals surface area contributed by atoms with E-state index in [4.69, 9.17) is 5.73 Å². The van der Waals surface area contributed by atoms with Crippen molar-refractivity contribution < 1.29 is 4.79 Å². The van der Waals surface area contributed by atoms with E-state index in [1.807, 2.05) is 37.3 Å². The zero-order chi connectivity index (χ0) is 10.4. The number of carbonyl (C=O) groups is 1. The first-order valence-electron chi connectivity index (χ1n) is 4.69. The highest BCUT2D eigenvalue weighted by molar-refractivity contribution is 5.76. The first-order chi connectivity index (χ1) is 6.76. The molecule has 0 aliphatic rings. The fraction of sp³-hybridized carbons (Fsp3) is 0.250. The third kappa shape index (κ3) is 3.15. The molecule has 0 saturated carbocycles. The Balaban J connectivity index is 2.86. The molecule has 0 atom stereocenters. The van der Waals surface area contributed by atoms with Crippen LogP contribution in [0.15, 0.2) is 24.3 Å². The molecule has 0 aromatic heterocycles. The Kier molecular flexibility index (Phi) is 4.08. The van der Waals surface area contributed by atoms with Gasteiger partial charge in [0.25, 0.3) is 0 Å². The molecule has 0 aliphatic carbocycles. The molecule has 1 aromatic carbocycles. The van der Waals surface area contributed by atoms with Crippen LogP contribution in [-0.2, 0) is 0 Å². The maximum Gasteiger partial charge on any atom is 0.150 e. The molecule has 0 heterocycles. The van der Waals surface area contributed by atoms with Gasteiger partial charge in [-0.15, -0.1) is 0 Å². The van der Waals surface area contributed by atoms with Gasteiger partial charge in [0.2, 0.25) is 0 Å². The van der Waals surface area contributed by atoms with Crippen LogP contribution in [0.3, 0.4) is 0 Å². The van der Waals surface area contributed by atoms with E-state index in [1.54, 1.807) is 0 Å². The molecule has 1 aromatic rings. The zero-order valence-electron chi connectivity index (χ0n) is 8.36. The maximum absolute atomic E-state index is 10.6. The number of aldehydes is 1. The predicted octanol–water partition coefficient (Wildman–Crippen LogP) is 2.17. The number of nitrogens with two attached hydrogens (primary N) is 1. The normalized spacial score (nSPS) is 10.7. The van der Waals surface area contributed by atoms with Crippen molar-refractivity contribution >= 4 is 12.4 Å². The third-order valence-corrected chi connectivity index (χ3v) is 1.90. The average Bonchev–Trinajstić information content (AvgIpc) is 2.17. The van der Waals surface area contributed by atoms with Gasteiger partial charge in [-0.1, -0.05) is 18.2 Å². The predicted molar refractivity (Wildman–Crippen MR) is 59.3 cm³/mol. The minimum atomic E-state index is 0.656. The van der Waals surface area contributed by atoms with Crippen molar-refractivity contribution in [1.82, 2.24) is 0 Å². The van der Waals surface area contributed by atoms with Crippen LogP contribution >= 0.6 is 0 Å². The Bertz CT molecular complexity index is 342. The molecule has 0 fully saturated rings. The van der Waals surface area contributed by atoms with Crippen molar-refractivity contribution in [2.75, 3.05) is 6.54 Å². The van der Waals surface area contributed by atoms with Gasteiger partial charge >= 0.3 is 0 Å². The van der Waals surface area contributed by atoms with Crippen molar-refractivity contribution in [2.45, 2.75) is 13.3 Å². The molecule has 0 unspecified atom stereocenters. The van der Waals surface area contributed by atoms with E-state index in [0.717, 1.165) is 29.4 Å². The third-order valence-electron chi connectivity index (χ3n) is 1.90. The molecule has 0 aliphatic heterocycles. The van der Waals surface area contributed by atoms with Crippen LogP contribution in [0.25, 0.3) is 6.08 Å². The van der Waals surface area contributed by atoms with Crippen LogP contribution in [0.1, 0.15) is 27.9 Å². The molecule has 0 radical (unpaired) electrons. The Morgan fingerprint density at radius 2 is 2.00 bits per heavy atom. The molecule has 0 bridgehead atoms. The van der Waals surface area contributed by atoms with Crippen LogP contribution in [0.5, 0.6) is 0 Å². The van der Waals surface area contributed by atoms with Gasteiger partial charge in [0.15, 0.2) is 0 Å².